The quantitative estimate of drug-likeness (QED) is 0.288. The lowest BCUT2D eigenvalue weighted by molar-refractivity contribution is 0.0986. The number of carbonyl (C=O) groups excluding carboxylic acids is 1. The van der Waals surface area contributed by atoms with E-state index < -0.39 is 27.6 Å². The van der Waals surface area contributed by atoms with Crippen molar-refractivity contribution in [2.75, 3.05) is 45.2 Å². The number of hydrogen-bond donors (Lipinski definition) is 0. The van der Waals surface area contributed by atoms with E-state index in [4.69, 9.17) is 0 Å². The zero-order valence-corrected chi connectivity index (χ0v) is 23.0. The van der Waals surface area contributed by atoms with Crippen molar-refractivity contribution in [2.24, 2.45) is 0 Å². The van der Waals surface area contributed by atoms with Gasteiger partial charge in [0.1, 0.15) is 11.3 Å². The second kappa shape index (κ2) is 13.2. The predicted octanol–water partition coefficient (Wildman–Crippen LogP) is 4.96. The van der Waals surface area contributed by atoms with E-state index in [1.165, 1.54) is 51.7 Å². The van der Waals surface area contributed by atoms with Crippen LogP contribution in [0.1, 0.15) is 16.8 Å². The van der Waals surface area contributed by atoms with Crippen LogP contribution in [0.3, 0.4) is 0 Å². The van der Waals surface area contributed by atoms with E-state index in [0.717, 1.165) is 17.4 Å². The first kappa shape index (κ1) is 30.5. The molecular formula is C25H29ClF2N4O3S2. The maximum absolute atomic E-state index is 14.3. The van der Waals surface area contributed by atoms with Gasteiger partial charge in [-0.15, -0.1) is 25.6 Å². The van der Waals surface area contributed by atoms with Gasteiger partial charge in [0.2, 0.25) is 10.0 Å². The van der Waals surface area contributed by atoms with Crippen LogP contribution in [0.25, 0.3) is 10.2 Å². The molecule has 0 saturated carbocycles. The zero-order valence-electron chi connectivity index (χ0n) is 20.6. The SMILES string of the molecule is C=CCN(CC=C)S(=O)(=O)c1ccc(C(=O)N(CCCN(C)C)c2nc3c(F)cc(F)cc3s2)cc1.Cl. The summed E-state index contributed by atoms with van der Waals surface area (Å²) in [6.07, 6.45) is 3.57. The van der Waals surface area contributed by atoms with Gasteiger partial charge in [0.25, 0.3) is 5.91 Å². The third kappa shape index (κ3) is 7.20. The first-order valence-electron chi connectivity index (χ1n) is 11.1. The van der Waals surface area contributed by atoms with Crippen molar-refractivity contribution in [3.63, 3.8) is 0 Å². The number of nitrogens with zero attached hydrogens (tertiary/aromatic N) is 4. The van der Waals surface area contributed by atoms with Crippen LogP contribution in [-0.4, -0.2) is 68.8 Å². The molecule has 3 rings (SSSR count). The number of thiazole rings is 1. The fourth-order valence-corrected chi connectivity index (χ4v) is 5.93. The minimum atomic E-state index is -3.82. The molecule has 0 aliphatic rings. The predicted molar refractivity (Wildman–Crippen MR) is 147 cm³/mol. The molecule has 0 bridgehead atoms. The van der Waals surface area contributed by atoms with Crippen molar-refractivity contribution < 1.29 is 22.0 Å². The molecule has 200 valence electrons. The molecule has 0 aliphatic heterocycles. The van der Waals surface area contributed by atoms with Crippen LogP contribution in [0.15, 0.2) is 66.6 Å². The minimum absolute atomic E-state index is 0. The van der Waals surface area contributed by atoms with E-state index in [-0.39, 0.29) is 53.1 Å². The van der Waals surface area contributed by atoms with Crippen molar-refractivity contribution in [1.29, 1.82) is 0 Å². The highest BCUT2D eigenvalue weighted by atomic mass is 35.5. The molecule has 12 heteroatoms. The summed E-state index contributed by atoms with van der Waals surface area (Å²) in [5, 5.41) is 0.234. The third-order valence-corrected chi connectivity index (χ3v) is 8.14. The number of halogens is 3. The Labute approximate surface area is 226 Å². The lowest BCUT2D eigenvalue weighted by atomic mass is 10.2. The molecule has 0 radical (unpaired) electrons. The number of anilines is 1. The number of hydrogen-bond acceptors (Lipinski definition) is 6. The van der Waals surface area contributed by atoms with E-state index in [1.807, 2.05) is 19.0 Å². The van der Waals surface area contributed by atoms with Crippen LogP contribution in [0.2, 0.25) is 0 Å². The Morgan fingerprint density at radius 2 is 1.68 bits per heavy atom. The monoisotopic (exact) mass is 570 g/mol. The Hall–Kier alpha value is -2.70. The largest absolute Gasteiger partial charge is 0.309 e. The number of carbonyl (C=O) groups is 1. The fourth-order valence-electron chi connectivity index (χ4n) is 3.52. The Kier molecular flexibility index (Phi) is 10.9. The van der Waals surface area contributed by atoms with Crippen molar-refractivity contribution in [3.05, 3.63) is 78.9 Å². The molecular weight excluding hydrogens is 542 g/mol. The molecule has 0 aliphatic carbocycles. The summed E-state index contributed by atoms with van der Waals surface area (Å²) in [6.45, 7) is 8.39. The van der Waals surface area contributed by atoms with Crippen LogP contribution in [0, 0.1) is 11.6 Å². The van der Waals surface area contributed by atoms with Gasteiger partial charge < -0.3 is 4.90 Å². The molecule has 1 heterocycles. The molecule has 1 aromatic heterocycles. The number of sulfonamides is 1. The maximum Gasteiger partial charge on any atom is 0.260 e. The highest BCUT2D eigenvalue weighted by Gasteiger charge is 2.25. The van der Waals surface area contributed by atoms with Crippen molar-refractivity contribution in [3.8, 4) is 0 Å². The first-order chi connectivity index (χ1) is 17.1. The summed E-state index contributed by atoms with van der Waals surface area (Å²) in [6, 6.07) is 7.54. The van der Waals surface area contributed by atoms with Crippen molar-refractivity contribution in [1.82, 2.24) is 14.2 Å². The van der Waals surface area contributed by atoms with Gasteiger partial charge in [0, 0.05) is 31.3 Å². The summed E-state index contributed by atoms with van der Waals surface area (Å²) in [5.41, 5.74) is 0.233. The Morgan fingerprint density at radius 3 is 2.24 bits per heavy atom. The van der Waals surface area contributed by atoms with E-state index in [9.17, 15) is 22.0 Å². The van der Waals surface area contributed by atoms with Crippen molar-refractivity contribution >= 4 is 55.0 Å². The fraction of sp³-hybridized carbons (Fsp3) is 0.280. The van der Waals surface area contributed by atoms with Gasteiger partial charge in [-0.25, -0.2) is 22.2 Å². The minimum Gasteiger partial charge on any atom is -0.309 e. The van der Waals surface area contributed by atoms with Gasteiger partial charge in [-0.3, -0.25) is 9.69 Å². The van der Waals surface area contributed by atoms with E-state index in [0.29, 0.717) is 17.7 Å². The lowest BCUT2D eigenvalue weighted by Gasteiger charge is -2.22. The second-order valence-corrected chi connectivity index (χ2v) is 11.2. The second-order valence-electron chi connectivity index (χ2n) is 8.27. The summed E-state index contributed by atoms with van der Waals surface area (Å²) >= 11 is 1.02. The standard InChI is InChI=1S/C25H28F2N4O3S2.ClH/c1-5-12-30(13-6-2)36(33,34)20-10-8-18(9-11-20)24(32)31(15-7-14-29(3)4)25-28-23-21(27)16-19(26)17-22(23)35-25;/h5-6,8-11,16-17H,1-2,7,12-15H2,3-4H3;1H. The number of aromatic nitrogens is 1. The number of amides is 1. The Bertz CT molecular complexity index is 1350. The maximum atomic E-state index is 14.3. The molecule has 7 nitrogen and oxygen atoms in total. The molecule has 0 unspecified atom stereocenters. The van der Waals surface area contributed by atoms with Crippen LogP contribution in [0.4, 0.5) is 13.9 Å². The molecule has 3 aromatic rings. The summed E-state index contributed by atoms with van der Waals surface area (Å²) in [7, 11) is -0.00532. The highest BCUT2D eigenvalue weighted by molar-refractivity contribution is 7.89. The number of rotatable bonds is 12. The lowest BCUT2D eigenvalue weighted by Crippen LogP contribution is -2.33. The summed E-state index contributed by atoms with van der Waals surface area (Å²) in [5.74, 6) is -1.95. The van der Waals surface area contributed by atoms with Crippen molar-refractivity contribution in [2.45, 2.75) is 11.3 Å². The molecule has 0 fully saturated rings. The first-order valence-corrected chi connectivity index (χ1v) is 13.4. The average molecular weight is 571 g/mol. The van der Waals surface area contributed by atoms with Gasteiger partial charge in [0.05, 0.1) is 9.60 Å². The molecule has 2 aromatic carbocycles. The summed E-state index contributed by atoms with van der Waals surface area (Å²) in [4.78, 5) is 21.1. The van der Waals surface area contributed by atoms with Crippen LogP contribution >= 0.6 is 23.7 Å². The Morgan fingerprint density at radius 1 is 1.05 bits per heavy atom. The molecule has 0 saturated heterocycles. The molecule has 1 amide bonds. The van der Waals surface area contributed by atoms with Gasteiger partial charge in [-0.1, -0.05) is 23.5 Å². The number of fused-ring (bicyclic) bond motifs is 1. The topological polar surface area (TPSA) is 73.8 Å². The molecule has 0 atom stereocenters. The van der Waals surface area contributed by atoms with Gasteiger partial charge >= 0.3 is 0 Å². The van der Waals surface area contributed by atoms with Crippen LogP contribution in [0.5, 0.6) is 0 Å². The molecule has 37 heavy (non-hydrogen) atoms. The van der Waals surface area contributed by atoms with Crippen LogP contribution < -0.4 is 4.90 Å². The third-order valence-electron chi connectivity index (χ3n) is 5.27. The molecule has 0 N–H and O–H groups in total. The number of benzene rings is 2. The highest BCUT2D eigenvalue weighted by Crippen LogP contribution is 2.32. The molecule has 0 spiro atoms. The van der Waals surface area contributed by atoms with Crippen LogP contribution in [-0.2, 0) is 10.0 Å². The average Bonchev–Trinajstić information content (AvgIpc) is 3.25. The smallest absolute Gasteiger partial charge is 0.260 e. The normalized spacial score (nSPS) is 11.5. The van der Waals surface area contributed by atoms with Gasteiger partial charge in [-0.05, 0) is 57.4 Å². The summed E-state index contributed by atoms with van der Waals surface area (Å²) < 4.78 is 55.4. The van der Waals surface area contributed by atoms with Gasteiger partial charge in [0.15, 0.2) is 10.9 Å². The zero-order chi connectivity index (χ0) is 26.5. The van der Waals surface area contributed by atoms with E-state index >= 15 is 0 Å². The Balaban J connectivity index is 0.00000481. The van der Waals surface area contributed by atoms with Gasteiger partial charge in [-0.2, -0.15) is 4.31 Å². The van der Waals surface area contributed by atoms with E-state index in [1.54, 1.807) is 0 Å². The van der Waals surface area contributed by atoms with E-state index in [2.05, 4.69) is 18.1 Å².